The van der Waals surface area contributed by atoms with Crippen LogP contribution in [0.5, 0.6) is 0 Å². The fraction of sp³-hybridized carbons (Fsp3) is 0.182. The fourth-order valence-electron chi connectivity index (χ4n) is 1.53. The van der Waals surface area contributed by atoms with Crippen molar-refractivity contribution >= 4 is 15.8 Å². The molecule has 7 heteroatoms. The van der Waals surface area contributed by atoms with Gasteiger partial charge in [0.15, 0.2) is 0 Å². The normalized spacial score (nSPS) is 11.4. The van der Waals surface area contributed by atoms with Gasteiger partial charge < -0.3 is 0 Å². The standard InChI is InChI=1S/C11H13N3O3S/c1-8-3-5-9(6-4-8)14-11(15)7-10(12-14)13-18(2,16)17/h3-7,12-13H,1-2H3. The van der Waals surface area contributed by atoms with Crippen LogP contribution in [0.2, 0.25) is 0 Å². The van der Waals surface area contributed by atoms with E-state index in [0.29, 0.717) is 5.69 Å². The van der Waals surface area contributed by atoms with Gasteiger partial charge in [-0.25, -0.2) is 13.1 Å². The van der Waals surface area contributed by atoms with E-state index < -0.39 is 10.0 Å². The van der Waals surface area contributed by atoms with Gasteiger partial charge in [0.25, 0.3) is 5.56 Å². The van der Waals surface area contributed by atoms with Crippen molar-refractivity contribution in [1.29, 1.82) is 0 Å². The molecule has 96 valence electrons. The molecule has 0 bridgehead atoms. The topological polar surface area (TPSA) is 84.0 Å². The molecule has 1 aromatic heterocycles. The van der Waals surface area contributed by atoms with Crippen molar-refractivity contribution in [3.63, 3.8) is 0 Å². The smallest absolute Gasteiger partial charge is 0.273 e. The number of hydrogen-bond donors (Lipinski definition) is 2. The molecule has 2 aromatic rings. The summed E-state index contributed by atoms with van der Waals surface area (Å²) < 4.78 is 25.6. The van der Waals surface area contributed by atoms with Gasteiger partial charge in [-0.15, -0.1) is 0 Å². The lowest BCUT2D eigenvalue weighted by molar-refractivity contribution is 0.606. The number of hydrogen-bond acceptors (Lipinski definition) is 3. The van der Waals surface area contributed by atoms with Crippen molar-refractivity contribution in [2.75, 3.05) is 11.0 Å². The molecule has 0 amide bonds. The molecule has 0 fully saturated rings. The number of anilines is 1. The predicted octanol–water partition coefficient (Wildman–Crippen LogP) is 0.846. The molecule has 0 aliphatic heterocycles. The number of nitrogens with zero attached hydrogens (tertiary/aromatic N) is 1. The summed E-state index contributed by atoms with van der Waals surface area (Å²) >= 11 is 0. The van der Waals surface area contributed by atoms with E-state index in [1.165, 1.54) is 10.7 Å². The first-order chi connectivity index (χ1) is 8.35. The number of aryl methyl sites for hydroxylation is 1. The van der Waals surface area contributed by atoms with E-state index in [1.807, 2.05) is 19.1 Å². The summed E-state index contributed by atoms with van der Waals surface area (Å²) in [6.07, 6.45) is 1.02. The first-order valence-electron chi connectivity index (χ1n) is 5.22. The molecule has 0 aliphatic carbocycles. The number of aromatic amines is 1. The quantitative estimate of drug-likeness (QED) is 0.864. The van der Waals surface area contributed by atoms with Crippen molar-refractivity contribution in [2.45, 2.75) is 6.92 Å². The number of aromatic nitrogens is 2. The van der Waals surface area contributed by atoms with E-state index in [4.69, 9.17) is 0 Å². The van der Waals surface area contributed by atoms with Crippen LogP contribution in [0.4, 0.5) is 5.82 Å². The molecule has 6 nitrogen and oxygen atoms in total. The summed E-state index contributed by atoms with van der Waals surface area (Å²) in [5.74, 6) is 0.142. The van der Waals surface area contributed by atoms with Crippen LogP contribution in [0.3, 0.4) is 0 Å². The highest BCUT2D eigenvalue weighted by Crippen LogP contribution is 2.08. The predicted molar refractivity (Wildman–Crippen MR) is 69.6 cm³/mol. The average Bonchev–Trinajstić information content (AvgIpc) is 2.58. The van der Waals surface area contributed by atoms with Gasteiger partial charge >= 0.3 is 0 Å². The summed E-state index contributed by atoms with van der Waals surface area (Å²) in [4.78, 5) is 11.7. The van der Waals surface area contributed by atoms with Crippen LogP contribution in [-0.2, 0) is 10.0 Å². The second-order valence-electron chi connectivity index (χ2n) is 4.05. The van der Waals surface area contributed by atoms with Crippen molar-refractivity contribution in [1.82, 2.24) is 9.78 Å². The van der Waals surface area contributed by atoms with Crippen LogP contribution in [0.15, 0.2) is 35.1 Å². The van der Waals surface area contributed by atoms with E-state index in [9.17, 15) is 13.2 Å². The Labute approximate surface area is 104 Å². The third-order valence-corrected chi connectivity index (χ3v) is 2.90. The molecule has 2 rings (SSSR count). The summed E-state index contributed by atoms with van der Waals surface area (Å²) in [6.45, 7) is 1.94. The van der Waals surface area contributed by atoms with E-state index in [1.54, 1.807) is 12.1 Å². The molecular weight excluding hydrogens is 254 g/mol. The Morgan fingerprint density at radius 3 is 2.39 bits per heavy atom. The zero-order valence-corrected chi connectivity index (χ0v) is 10.8. The maximum Gasteiger partial charge on any atom is 0.273 e. The van der Waals surface area contributed by atoms with Gasteiger partial charge in [-0.3, -0.25) is 14.6 Å². The Morgan fingerprint density at radius 2 is 1.83 bits per heavy atom. The highest BCUT2D eigenvalue weighted by atomic mass is 32.2. The van der Waals surface area contributed by atoms with Crippen molar-refractivity contribution in [2.24, 2.45) is 0 Å². The van der Waals surface area contributed by atoms with Crippen LogP contribution in [-0.4, -0.2) is 24.5 Å². The van der Waals surface area contributed by atoms with Crippen LogP contribution in [0, 0.1) is 6.92 Å². The second-order valence-corrected chi connectivity index (χ2v) is 5.80. The first-order valence-corrected chi connectivity index (χ1v) is 7.11. The highest BCUT2D eigenvalue weighted by molar-refractivity contribution is 7.92. The van der Waals surface area contributed by atoms with Gasteiger partial charge in [0.2, 0.25) is 10.0 Å². The van der Waals surface area contributed by atoms with E-state index >= 15 is 0 Å². The lowest BCUT2D eigenvalue weighted by atomic mass is 10.2. The Hall–Kier alpha value is -2.02. The highest BCUT2D eigenvalue weighted by Gasteiger charge is 2.08. The molecule has 1 aromatic carbocycles. The summed E-state index contributed by atoms with van der Waals surface area (Å²) in [6, 6.07) is 8.48. The fourth-order valence-corrected chi connectivity index (χ4v) is 2.04. The Morgan fingerprint density at radius 1 is 1.22 bits per heavy atom. The van der Waals surface area contributed by atoms with E-state index in [0.717, 1.165) is 11.8 Å². The van der Waals surface area contributed by atoms with E-state index in [-0.39, 0.29) is 11.4 Å². The molecule has 0 atom stereocenters. The van der Waals surface area contributed by atoms with E-state index in [2.05, 4.69) is 9.82 Å². The van der Waals surface area contributed by atoms with Crippen LogP contribution in [0.1, 0.15) is 5.56 Å². The average molecular weight is 267 g/mol. The molecule has 0 spiro atoms. The van der Waals surface area contributed by atoms with Gasteiger partial charge in [0, 0.05) is 6.07 Å². The molecule has 0 unspecified atom stereocenters. The number of rotatable bonds is 3. The number of sulfonamides is 1. The van der Waals surface area contributed by atoms with Crippen molar-refractivity contribution in [3.8, 4) is 5.69 Å². The molecule has 0 aliphatic rings. The summed E-state index contributed by atoms with van der Waals surface area (Å²) in [5, 5.41) is 2.69. The molecular formula is C11H13N3O3S. The van der Waals surface area contributed by atoms with Gasteiger partial charge in [-0.05, 0) is 19.1 Å². The molecule has 0 saturated carbocycles. The molecule has 0 radical (unpaired) electrons. The number of benzene rings is 1. The van der Waals surface area contributed by atoms with Crippen molar-refractivity contribution < 1.29 is 8.42 Å². The Bertz CT molecular complexity index is 711. The second kappa shape index (κ2) is 4.34. The molecule has 18 heavy (non-hydrogen) atoms. The Balaban J connectivity index is 2.41. The van der Waals surface area contributed by atoms with Gasteiger partial charge in [0.1, 0.15) is 5.82 Å². The molecule has 2 N–H and O–H groups in total. The minimum Gasteiger partial charge on any atom is -0.275 e. The number of H-pyrrole nitrogens is 1. The van der Waals surface area contributed by atoms with Crippen molar-refractivity contribution in [3.05, 3.63) is 46.2 Å². The zero-order valence-electron chi connectivity index (χ0n) is 9.97. The van der Waals surface area contributed by atoms with Gasteiger partial charge in [0.05, 0.1) is 11.9 Å². The van der Waals surface area contributed by atoms with Crippen LogP contribution >= 0.6 is 0 Å². The summed E-state index contributed by atoms with van der Waals surface area (Å²) in [7, 11) is -3.40. The number of nitrogens with one attached hydrogen (secondary N) is 2. The maximum atomic E-state index is 11.7. The minimum atomic E-state index is -3.40. The molecule has 1 heterocycles. The lowest BCUT2D eigenvalue weighted by Crippen LogP contribution is -2.13. The molecule has 0 saturated heterocycles. The monoisotopic (exact) mass is 267 g/mol. The first kappa shape index (κ1) is 12.4. The lowest BCUT2D eigenvalue weighted by Gasteiger charge is -2.03. The Kier molecular flexibility index (Phi) is 3.00. The van der Waals surface area contributed by atoms with Gasteiger partial charge in [-0.2, -0.15) is 0 Å². The third-order valence-electron chi connectivity index (χ3n) is 2.31. The zero-order chi connectivity index (χ0) is 13.3. The largest absolute Gasteiger partial charge is 0.275 e. The minimum absolute atomic E-state index is 0.142. The van der Waals surface area contributed by atoms with Gasteiger partial charge in [-0.1, -0.05) is 17.7 Å². The maximum absolute atomic E-state index is 11.7. The summed E-state index contributed by atoms with van der Waals surface area (Å²) in [5.41, 5.74) is 1.39. The SMILES string of the molecule is Cc1ccc(-n2[nH]c(NS(C)(=O)=O)cc2=O)cc1. The van der Waals surface area contributed by atoms with Crippen LogP contribution < -0.4 is 10.3 Å². The third kappa shape index (κ3) is 2.80. The van der Waals surface area contributed by atoms with Crippen LogP contribution in [0.25, 0.3) is 5.69 Å².